The minimum absolute atomic E-state index is 0.613. The van der Waals surface area contributed by atoms with E-state index >= 15 is 0 Å². The fourth-order valence-electron chi connectivity index (χ4n) is 2.16. The van der Waals surface area contributed by atoms with Crippen molar-refractivity contribution in [2.75, 3.05) is 20.3 Å². The van der Waals surface area contributed by atoms with Crippen LogP contribution in [-0.4, -0.2) is 26.3 Å². The van der Waals surface area contributed by atoms with Gasteiger partial charge in [0.25, 0.3) is 0 Å². The lowest BCUT2D eigenvalue weighted by atomic mass is 10.0. The molecule has 1 aromatic rings. The summed E-state index contributed by atoms with van der Waals surface area (Å²) >= 11 is 0. The Balaban J connectivity index is 1.77. The molecule has 3 heteroatoms. The molecule has 0 aromatic heterocycles. The molecule has 1 saturated heterocycles. The molecule has 0 bridgehead atoms. The Morgan fingerprint density at radius 1 is 1.41 bits per heavy atom. The molecule has 0 aliphatic carbocycles. The first-order valence-corrected chi connectivity index (χ1v) is 6.30. The van der Waals surface area contributed by atoms with Gasteiger partial charge in [-0.2, -0.15) is 0 Å². The summed E-state index contributed by atoms with van der Waals surface area (Å²) in [7, 11) is 1.66. The molecule has 0 spiro atoms. The maximum Gasteiger partial charge on any atom is 0.161 e. The molecule has 1 aromatic carbocycles. The zero-order valence-corrected chi connectivity index (χ0v) is 10.4. The van der Waals surface area contributed by atoms with E-state index in [2.05, 4.69) is 11.4 Å². The van der Waals surface area contributed by atoms with Gasteiger partial charge in [-0.1, -0.05) is 12.5 Å². The zero-order chi connectivity index (χ0) is 11.9. The summed E-state index contributed by atoms with van der Waals surface area (Å²) in [6.07, 6.45) is 4.96. The number of hydrogen-bond acceptors (Lipinski definition) is 3. The number of rotatable bonds is 5. The Labute approximate surface area is 103 Å². The summed E-state index contributed by atoms with van der Waals surface area (Å²) in [6.45, 7) is 1.87. The predicted octanol–water partition coefficient (Wildman–Crippen LogP) is 2.41. The Morgan fingerprint density at radius 3 is 3.12 bits per heavy atom. The van der Waals surface area contributed by atoms with Crippen molar-refractivity contribution in [3.05, 3.63) is 24.3 Å². The molecule has 1 atom stereocenters. The average Bonchev–Trinajstić information content (AvgIpc) is 2.40. The summed E-state index contributed by atoms with van der Waals surface area (Å²) in [4.78, 5) is 0. The molecule has 1 fully saturated rings. The number of hydrogen-bond donors (Lipinski definition) is 1. The normalized spacial score (nSPS) is 19.9. The maximum atomic E-state index is 5.73. The van der Waals surface area contributed by atoms with Crippen molar-refractivity contribution < 1.29 is 9.47 Å². The van der Waals surface area contributed by atoms with Crippen molar-refractivity contribution in [3.63, 3.8) is 0 Å². The van der Waals surface area contributed by atoms with Crippen LogP contribution in [0.25, 0.3) is 0 Å². The fraction of sp³-hybridized carbons (Fsp3) is 0.571. The highest BCUT2D eigenvalue weighted by Crippen LogP contribution is 2.25. The summed E-state index contributed by atoms with van der Waals surface area (Å²) < 4.78 is 11.0. The second-order valence-corrected chi connectivity index (χ2v) is 4.36. The van der Waals surface area contributed by atoms with Gasteiger partial charge in [-0.15, -0.1) is 0 Å². The minimum atomic E-state index is 0.613. The largest absolute Gasteiger partial charge is 0.493 e. The first kappa shape index (κ1) is 12.2. The molecule has 1 radical (unpaired) electrons. The second-order valence-electron chi connectivity index (χ2n) is 4.36. The summed E-state index contributed by atoms with van der Waals surface area (Å²) in [5, 5.41) is 3.51. The van der Waals surface area contributed by atoms with Crippen LogP contribution in [0.5, 0.6) is 11.5 Å². The topological polar surface area (TPSA) is 30.5 Å². The van der Waals surface area contributed by atoms with Crippen LogP contribution in [0.15, 0.2) is 18.2 Å². The third-order valence-corrected chi connectivity index (χ3v) is 3.14. The van der Waals surface area contributed by atoms with Gasteiger partial charge in [0.05, 0.1) is 13.7 Å². The molecule has 1 N–H and O–H groups in total. The molecule has 1 heterocycles. The third kappa shape index (κ3) is 3.63. The van der Waals surface area contributed by atoms with E-state index in [1.54, 1.807) is 7.11 Å². The lowest BCUT2D eigenvalue weighted by molar-refractivity contribution is 0.257. The molecule has 1 unspecified atom stereocenters. The van der Waals surface area contributed by atoms with Crippen LogP contribution in [0.1, 0.15) is 25.7 Å². The molecule has 17 heavy (non-hydrogen) atoms. The van der Waals surface area contributed by atoms with E-state index in [1.165, 1.54) is 19.3 Å². The molecule has 93 valence electrons. The van der Waals surface area contributed by atoms with Crippen LogP contribution < -0.4 is 14.8 Å². The van der Waals surface area contributed by atoms with Crippen LogP contribution in [0.4, 0.5) is 0 Å². The molecule has 1 aliphatic rings. The van der Waals surface area contributed by atoms with Gasteiger partial charge in [0, 0.05) is 6.04 Å². The Bertz CT molecular complexity index is 335. The maximum absolute atomic E-state index is 5.73. The molecule has 1 aliphatic heterocycles. The van der Waals surface area contributed by atoms with Gasteiger partial charge in [-0.05, 0) is 44.0 Å². The summed E-state index contributed by atoms with van der Waals surface area (Å²) in [5.41, 5.74) is 0. The lowest BCUT2D eigenvalue weighted by Crippen LogP contribution is -2.35. The quantitative estimate of drug-likeness (QED) is 0.848. The smallest absolute Gasteiger partial charge is 0.161 e. The van der Waals surface area contributed by atoms with Crippen molar-refractivity contribution in [2.24, 2.45) is 0 Å². The van der Waals surface area contributed by atoms with Gasteiger partial charge in [0.15, 0.2) is 11.5 Å². The van der Waals surface area contributed by atoms with Gasteiger partial charge < -0.3 is 14.8 Å². The standard InChI is InChI=1S/C14H20NO2/c1-16-13-7-2-3-8-14(13)17-11-9-12-6-4-5-10-15-12/h2,7-8,12,15H,4-6,9-11H2,1H3. The number of piperidine rings is 1. The SMILES string of the molecule is COc1cc[c]cc1OCCC1CCCCN1. The van der Waals surface area contributed by atoms with Crippen molar-refractivity contribution in [2.45, 2.75) is 31.7 Å². The second kappa shape index (κ2) is 6.50. The molecule has 0 saturated carbocycles. The van der Waals surface area contributed by atoms with Crippen LogP contribution in [-0.2, 0) is 0 Å². The van der Waals surface area contributed by atoms with E-state index < -0.39 is 0 Å². The summed E-state index contributed by atoms with van der Waals surface area (Å²) in [5.74, 6) is 1.56. The van der Waals surface area contributed by atoms with Gasteiger partial charge in [0.1, 0.15) is 0 Å². The van der Waals surface area contributed by atoms with E-state index in [0.717, 1.165) is 31.1 Å². The lowest BCUT2D eigenvalue weighted by Gasteiger charge is -2.23. The van der Waals surface area contributed by atoms with Gasteiger partial charge in [0.2, 0.25) is 0 Å². The van der Waals surface area contributed by atoms with Crippen molar-refractivity contribution >= 4 is 0 Å². The van der Waals surface area contributed by atoms with E-state index in [9.17, 15) is 0 Å². The first-order chi connectivity index (χ1) is 8.40. The van der Waals surface area contributed by atoms with E-state index in [1.807, 2.05) is 18.2 Å². The molecule has 0 amide bonds. The average molecular weight is 234 g/mol. The van der Waals surface area contributed by atoms with E-state index in [4.69, 9.17) is 9.47 Å². The number of methoxy groups -OCH3 is 1. The molecule has 2 rings (SSSR count). The Hall–Kier alpha value is -1.22. The van der Waals surface area contributed by atoms with E-state index in [-0.39, 0.29) is 0 Å². The van der Waals surface area contributed by atoms with Crippen molar-refractivity contribution in [1.29, 1.82) is 0 Å². The Morgan fingerprint density at radius 2 is 2.35 bits per heavy atom. The molecular weight excluding hydrogens is 214 g/mol. The minimum Gasteiger partial charge on any atom is -0.493 e. The monoisotopic (exact) mass is 234 g/mol. The van der Waals surface area contributed by atoms with Crippen molar-refractivity contribution in [3.8, 4) is 11.5 Å². The van der Waals surface area contributed by atoms with Crippen LogP contribution in [0.3, 0.4) is 0 Å². The van der Waals surface area contributed by atoms with Gasteiger partial charge in [-0.3, -0.25) is 0 Å². The molecular formula is C14H20NO2. The first-order valence-electron chi connectivity index (χ1n) is 6.30. The highest BCUT2D eigenvalue weighted by atomic mass is 16.5. The zero-order valence-electron chi connectivity index (χ0n) is 10.4. The number of benzene rings is 1. The molecule has 3 nitrogen and oxygen atoms in total. The summed E-state index contributed by atoms with van der Waals surface area (Å²) in [6, 6.07) is 9.14. The van der Waals surface area contributed by atoms with Gasteiger partial charge in [-0.25, -0.2) is 0 Å². The van der Waals surface area contributed by atoms with Crippen molar-refractivity contribution in [1.82, 2.24) is 5.32 Å². The Kier molecular flexibility index (Phi) is 4.68. The number of nitrogens with one attached hydrogen (secondary N) is 1. The van der Waals surface area contributed by atoms with Crippen LogP contribution in [0.2, 0.25) is 0 Å². The fourth-order valence-corrected chi connectivity index (χ4v) is 2.16. The van der Waals surface area contributed by atoms with Crippen LogP contribution in [0, 0.1) is 6.07 Å². The van der Waals surface area contributed by atoms with E-state index in [0.29, 0.717) is 6.04 Å². The van der Waals surface area contributed by atoms with Crippen LogP contribution >= 0.6 is 0 Å². The highest BCUT2D eigenvalue weighted by Gasteiger charge is 2.12. The number of ether oxygens (including phenoxy) is 2. The third-order valence-electron chi connectivity index (χ3n) is 3.14. The van der Waals surface area contributed by atoms with Gasteiger partial charge >= 0.3 is 0 Å². The predicted molar refractivity (Wildman–Crippen MR) is 67.6 cm³/mol. The highest BCUT2D eigenvalue weighted by molar-refractivity contribution is 5.38.